The molecule has 1 saturated carbocycles. The quantitative estimate of drug-likeness (QED) is 0.315. The number of nitrogens with zero attached hydrogens (tertiary/aromatic N) is 3. The summed E-state index contributed by atoms with van der Waals surface area (Å²) in [6.45, 7) is 5.65. The number of allylic oxidation sites excluding steroid dienone is 1. The van der Waals surface area contributed by atoms with Crippen LogP contribution in [0.25, 0.3) is 0 Å². The van der Waals surface area contributed by atoms with Crippen LogP contribution in [-0.4, -0.2) is 77.3 Å². The Labute approximate surface area is 240 Å². The van der Waals surface area contributed by atoms with Gasteiger partial charge in [-0.1, -0.05) is 6.92 Å². The van der Waals surface area contributed by atoms with E-state index < -0.39 is 23.9 Å². The topological polar surface area (TPSA) is 119 Å². The number of carboxylic acid groups (broad SMARTS) is 1. The number of nitrogens with one attached hydrogen (secondary N) is 3. The van der Waals surface area contributed by atoms with Gasteiger partial charge in [-0.15, -0.1) is 0 Å². The Morgan fingerprint density at radius 1 is 1.29 bits per heavy atom. The van der Waals surface area contributed by atoms with E-state index in [2.05, 4.69) is 32.8 Å². The van der Waals surface area contributed by atoms with Gasteiger partial charge in [0, 0.05) is 50.3 Å². The molecule has 224 valence electrons. The maximum Gasteiger partial charge on any atom is 0.327 e. The summed E-state index contributed by atoms with van der Waals surface area (Å²) in [6, 6.07) is 2.19. The van der Waals surface area contributed by atoms with Crippen LogP contribution in [0.4, 0.5) is 14.5 Å². The Kier molecular flexibility index (Phi) is 9.21. The van der Waals surface area contributed by atoms with Gasteiger partial charge in [-0.3, -0.25) is 9.78 Å². The minimum atomic E-state index is -2.70. The molecule has 1 aromatic rings. The number of halogens is 2. The van der Waals surface area contributed by atoms with Crippen LogP contribution in [-0.2, 0) is 9.59 Å². The number of pyridine rings is 1. The van der Waals surface area contributed by atoms with Crippen molar-refractivity contribution < 1.29 is 23.5 Å². The van der Waals surface area contributed by atoms with Crippen LogP contribution in [0.1, 0.15) is 76.3 Å². The number of carboxylic acids is 1. The summed E-state index contributed by atoms with van der Waals surface area (Å²) in [6.07, 6.45) is 7.98. The summed E-state index contributed by atoms with van der Waals surface area (Å²) in [5.41, 5.74) is 3.59. The predicted octanol–water partition coefficient (Wildman–Crippen LogP) is 4.14. The highest BCUT2D eigenvalue weighted by Crippen LogP contribution is 2.49. The van der Waals surface area contributed by atoms with E-state index in [0.29, 0.717) is 23.8 Å². The smallest absolute Gasteiger partial charge is 0.327 e. The number of aliphatic carboxylic acids is 1. The summed E-state index contributed by atoms with van der Waals surface area (Å²) in [5.74, 6) is -3.03. The van der Waals surface area contributed by atoms with Crippen molar-refractivity contribution in [2.45, 2.75) is 82.6 Å². The molecular formula is C30H42F2N6O3. The predicted molar refractivity (Wildman–Crippen MR) is 153 cm³/mol. The second-order valence-corrected chi connectivity index (χ2v) is 12.1. The molecule has 3 atom stereocenters. The van der Waals surface area contributed by atoms with Gasteiger partial charge in [0.25, 0.3) is 0 Å². The van der Waals surface area contributed by atoms with Crippen LogP contribution in [0.5, 0.6) is 0 Å². The molecule has 0 aromatic carbocycles. The summed E-state index contributed by atoms with van der Waals surface area (Å²) < 4.78 is 26.9. The van der Waals surface area contributed by atoms with E-state index in [-0.39, 0.29) is 31.2 Å². The van der Waals surface area contributed by atoms with Gasteiger partial charge in [-0.05, 0) is 81.7 Å². The molecule has 5 rings (SSSR count). The van der Waals surface area contributed by atoms with Gasteiger partial charge < -0.3 is 26.0 Å². The number of hydrogen-bond donors (Lipinski definition) is 4. The third-order valence-corrected chi connectivity index (χ3v) is 8.87. The first-order chi connectivity index (χ1) is 19.7. The summed E-state index contributed by atoms with van der Waals surface area (Å²) in [5, 5.41) is 19.0. The minimum absolute atomic E-state index is 0.108. The zero-order valence-electron chi connectivity index (χ0n) is 23.8. The molecule has 9 nitrogen and oxygen atoms in total. The van der Waals surface area contributed by atoms with Crippen LogP contribution >= 0.6 is 0 Å². The largest absolute Gasteiger partial charge is 0.480 e. The van der Waals surface area contributed by atoms with E-state index in [1.165, 1.54) is 23.9 Å². The molecule has 3 aliphatic heterocycles. The fourth-order valence-corrected chi connectivity index (χ4v) is 6.52. The summed E-state index contributed by atoms with van der Waals surface area (Å²) in [7, 11) is 0. The Bertz CT molecular complexity index is 1180. The lowest BCUT2D eigenvalue weighted by molar-refractivity contribution is -0.138. The zero-order valence-corrected chi connectivity index (χ0v) is 23.8. The van der Waals surface area contributed by atoms with Crippen molar-refractivity contribution in [1.82, 2.24) is 20.5 Å². The lowest BCUT2D eigenvalue weighted by Gasteiger charge is -2.35. The molecule has 1 saturated heterocycles. The van der Waals surface area contributed by atoms with Gasteiger partial charge in [0.15, 0.2) is 0 Å². The van der Waals surface area contributed by atoms with Crippen molar-refractivity contribution >= 4 is 23.3 Å². The average molecular weight is 573 g/mol. The number of alkyl halides is 2. The van der Waals surface area contributed by atoms with Gasteiger partial charge in [0.1, 0.15) is 11.9 Å². The van der Waals surface area contributed by atoms with Crippen LogP contribution in [0.3, 0.4) is 0 Å². The Morgan fingerprint density at radius 3 is 2.90 bits per heavy atom. The Balaban J connectivity index is 1.09. The van der Waals surface area contributed by atoms with Crippen molar-refractivity contribution in [3.05, 3.63) is 35.4 Å². The molecule has 0 bridgehead atoms. The van der Waals surface area contributed by atoms with Gasteiger partial charge in [0.2, 0.25) is 11.8 Å². The van der Waals surface area contributed by atoms with Gasteiger partial charge in [-0.2, -0.15) is 0 Å². The summed E-state index contributed by atoms with van der Waals surface area (Å²) >= 11 is 0. The van der Waals surface area contributed by atoms with Crippen LogP contribution in [0.15, 0.2) is 34.7 Å². The molecular weight excluding hydrogens is 530 g/mol. The van der Waals surface area contributed by atoms with E-state index in [0.717, 1.165) is 64.0 Å². The molecule has 0 radical (unpaired) electrons. The molecule has 4 aliphatic rings. The number of amides is 1. The monoisotopic (exact) mass is 572 g/mol. The molecule has 0 spiro atoms. The highest BCUT2D eigenvalue weighted by molar-refractivity contribution is 5.88. The second-order valence-electron chi connectivity index (χ2n) is 12.1. The number of rotatable bonds is 11. The number of likely N-dealkylation sites (tertiary alicyclic amines) is 1. The first-order valence-corrected chi connectivity index (χ1v) is 15.0. The average Bonchev–Trinajstić information content (AvgIpc) is 2.94. The lowest BCUT2D eigenvalue weighted by Crippen LogP contribution is -2.47. The van der Waals surface area contributed by atoms with Crippen molar-refractivity contribution in [3.63, 3.8) is 0 Å². The maximum absolute atomic E-state index is 13.4. The molecule has 4 heterocycles. The molecule has 1 aliphatic carbocycles. The van der Waals surface area contributed by atoms with Gasteiger partial charge >= 0.3 is 5.97 Å². The summed E-state index contributed by atoms with van der Waals surface area (Å²) in [4.78, 5) is 36.5. The fourth-order valence-electron chi connectivity index (χ4n) is 6.52. The van der Waals surface area contributed by atoms with Crippen molar-refractivity contribution in [2.75, 3.05) is 38.0 Å². The molecule has 1 unspecified atom stereocenters. The molecule has 11 heteroatoms. The van der Waals surface area contributed by atoms with Crippen LogP contribution in [0, 0.1) is 11.8 Å². The highest BCUT2D eigenvalue weighted by Gasteiger charge is 2.47. The first kappa shape index (κ1) is 29.4. The van der Waals surface area contributed by atoms with Gasteiger partial charge in [-0.25, -0.2) is 18.6 Å². The molecule has 41 heavy (non-hydrogen) atoms. The van der Waals surface area contributed by atoms with E-state index in [9.17, 15) is 23.5 Å². The zero-order chi connectivity index (χ0) is 29.0. The lowest BCUT2D eigenvalue weighted by atomic mass is 9.78. The van der Waals surface area contributed by atoms with E-state index in [1.807, 2.05) is 0 Å². The van der Waals surface area contributed by atoms with E-state index >= 15 is 0 Å². The number of aliphatic imine (C=N–C) groups is 1. The number of aromatic nitrogens is 1. The second kappa shape index (κ2) is 12.8. The van der Waals surface area contributed by atoms with Crippen molar-refractivity contribution in [3.8, 4) is 0 Å². The number of anilines is 1. The fraction of sp³-hybridized carbons (Fsp3) is 0.667. The molecule has 4 N–H and O–H groups in total. The number of carbonyl (C=O) groups excluding carboxylic acids is 1. The molecule has 2 fully saturated rings. The van der Waals surface area contributed by atoms with Crippen LogP contribution < -0.4 is 16.0 Å². The van der Waals surface area contributed by atoms with Crippen molar-refractivity contribution in [1.29, 1.82) is 0 Å². The highest BCUT2D eigenvalue weighted by atomic mass is 19.3. The Morgan fingerprint density at radius 2 is 2.12 bits per heavy atom. The SMILES string of the molecule is CC1CC2=C(N=C1CCCN1CCC[C@@H](C(=O)NC[C@H](Nc3cccnc3C3CC(F)(F)C3)C(=O)O)C1)NCCC2. The normalized spacial score (nSPS) is 25.3. The maximum atomic E-state index is 13.4. The van der Waals surface area contributed by atoms with E-state index in [1.54, 1.807) is 12.1 Å². The molecule has 1 aromatic heterocycles. The number of piperidine rings is 1. The number of hydrogen-bond acceptors (Lipinski definition) is 7. The number of carbonyl (C=O) groups is 2. The Hall–Kier alpha value is -3.08. The molecule has 1 amide bonds. The third-order valence-electron chi connectivity index (χ3n) is 8.87. The minimum Gasteiger partial charge on any atom is -0.480 e. The van der Waals surface area contributed by atoms with E-state index in [4.69, 9.17) is 4.99 Å². The first-order valence-electron chi connectivity index (χ1n) is 15.0. The van der Waals surface area contributed by atoms with Crippen molar-refractivity contribution in [2.24, 2.45) is 16.8 Å². The van der Waals surface area contributed by atoms with Gasteiger partial charge in [0.05, 0.1) is 17.3 Å². The standard InChI is InChI=1S/C30H42F2N6O3/c1-19-14-20-6-2-11-34-27(20)37-23(19)9-5-13-38-12-4-7-21(18-38)28(39)35-17-25(29(40)41)36-24-8-3-10-33-26(24)22-15-30(31,32)16-22/h3,8,10,19,21-22,25,34,36H,2,4-7,9,11-18H2,1H3,(H,35,39)(H,40,41)/t19?,21-,25+/m1/s1. The van der Waals surface area contributed by atoms with Crippen LogP contribution in [0.2, 0.25) is 0 Å². The third kappa shape index (κ3) is 7.42.